The molecule has 3 atom stereocenters. The lowest BCUT2D eigenvalue weighted by Gasteiger charge is -2.24. The zero-order valence-corrected chi connectivity index (χ0v) is 12.2. The third kappa shape index (κ3) is 2.84. The number of hydrogen-bond donors (Lipinski definition) is 1. The van der Waals surface area contributed by atoms with Crippen LogP contribution in [0.3, 0.4) is 0 Å². The second-order valence-electron chi connectivity index (χ2n) is 6.20. The monoisotopic (exact) mass is 262 g/mol. The Bertz CT molecular complexity index is 400. The summed E-state index contributed by atoms with van der Waals surface area (Å²) in [6, 6.07) is 3.42. The van der Waals surface area contributed by atoms with Gasteiger partial charge in [0.25, 0.3) is 0 Å². The molecular formula is C15H26N4. The highest BCUT2D eigenvalue weighted by Crippen LogP contribution is 2.25. The normalized spacial score (nSPS) is 29.4. The second-order valence-corrected chi connectivity index (χ2v) is 6.20. The molecule has 0 bridgehead atoms. The maximum absolute atomic E-state index is 4.72. The van der Waals surface area contributed by atoms with Crippen LogP contribution in [0, 0.1) is 5.92 Å². The van der Waals surface area contributed by atoms with E-state index in [9.17, 15) is 0 Å². The minimum Gasteiger partial charge on any atom is -0.312 e. The second kappa shape index (κ2) is 5.63. The molecule has 2 fully saturated rings. The molecular weight excluding hydrogens is 236 g/mol. The van der Waals surface area contributed by atoms with Crippen molar-refractivity contribution >= 4 is 0 Å². The Morgan fingerprint density at radius 3 is 3.16 bits per heavy atom. The molecule has 2 saturated heterocycles. The summed E-state index contributed by atoms with van der Waals surface area (Å²) in [5.74, 6) is 0.866. The maximum Gasteiger partial charge on any atom is 0.0764 e. The first-order chi connectivity index (χ1) is 9.26. The third-order valence-electron chi connectivity index (χ3n) is 4.77. The van der Waals surface area contributed by atoms with Gasteiger partial charge in [0.1, 0.15) is 0 Å². The van der Waals surface area contributed by atoms with Crippen LogP contribution in [0.15, 0.2) is 12.3 Å². The number of fused-ring (bicyclic) bond motifs is 1. The SMILES string of the molecule is CCC(C)n1ccc(CN2C[C@@H]3CCCN[C@@H]3C2)n1. The Hall–Kier alpha value is -0.870. The average Bonchev–Trinajstić information content (AvgIpc) is 3.04. The summed E-state index contributed by atoms with van der Waals surface area (Å²) < 4.78 is 2.11. The summed E-state index contributed by atoms with van der Waals surface area (Å²) in [5.41, 5.74) is 1.22. The number of piperidine rings is 1. The molecule has 0 amide bonds. The van der Waals surface area contributed by atoms with Crippen LogP contribution in [0.2, 0.25) is 0 Å². The van der Waals surface area contributed by atoms with Crippen molar-refractivity contribution in [3.8, 4) is 0 Å². The number of nitrogens with one attached hydrogen (secondary N) is 1. The molecule has 2 aliphatic heterocycles. The molecule has 4 nitrogen and oxygen atoms in total. The van der Waals surface area contributed by atoms with E-state index in [1.165, 1.54) is 38.2 Å². The van der Waals surface area contributed by atoms with Crippen LogP contribution in [0.1, 0.15) is 44.8 Å². The molecule has 19 heavy (non-hydrogen) atoms. The van der Waals surface area contributed by atoms with Gasteiger partial charge in [-0.05, 0) is 44.7 Å². The zero-order chi connectivity index (χ0) is 13.2. The molecule has 0 radical (unpaired) electrons. The van der Waals surface area contributed by atoms with Crippen LogP contribution in [-0.4, -0.2) is 40.4 Å². The molecule has 0 aromatic carbocycles. The average molecular weight is 262 g/mol. The van der Waals surface area contributed by atoms with E-state index in [-0.39, 0.29) is 0 Å². The van der Waals surface area contributed by atoms with Crippen molar-refractivity contribution in [1.82, 2.24) is 20.0 Å². The first-order valence-electron chi connectivity index (χ1n) is 7.76. The highest BCUT2D eigenvalue weighted by Gasteiger charge is 2.34. The fourth-order valence-electron chi connectivity index (χ4n) is 3.39. The molecule has 0 aliphatic carbocycles. The van der Waals surface area contributed by atoms with Crippen LogP contribution in [-0.2, 0) is 6.54 Å². The predicted octanol–water partition coefficient (Wildman–Crippen LogP) is 2.04. The highest BCUT2D eigenvalue weighted by molar-refractivity contribution is 5.02. The first-order valence-corrected chi connectivity index (χ1v) is 7.76. The summed E-state index contributed by atoms with van der Waals surface area (Å²) in [7, 11) is 0. The van der Waals surface area contributed by atoms with Crippen molar-refractivity contribution in [2.24, 2.45) is 5.92 Å². The van der Waals surface area contributed by atoms with E-state index < -0.39 is 0 Å². The van der Waals surface area contributed by atoms with Gasteiger partial charge in [-0.1, -0.05) is 6.92 Å². The van der Waals surface area contributed by atoms with Crippen molar-refractivity contribution in [2.45, 2.75) is 51.7 Å². The Morgan fingerprint density at radius 2 is 2.37 bits per heavy atom. The number of rotatable bonds is 4. The van der Waals surface area contributed by atoms with Crippen LogP contribution < -0.4 is 5.32 Å². The van der Waals surface area contributed by atoms with Gasteiger partial charge in [0, 0.05) is 37.9 Å². The summed E-state index contributed by atoms with van der Waals surface area (Å²) in [6.07, 6.45) is 6.01. The summed E-state index contributed by atoms with van der Waals surface area (Å²) >= 11 is 0. The highest BCUT2D eigenvalue weighted by atomic mass is 15.3. The smallest absolute Gasteiger partial charge is 0.0764 e. The fourth-order valence-corrected chi connectivity index (χ4v) is 3.39. The minimum atomic E-state index is 0.511. The van der Waals surface area contributed by atoms with Crippen molar-refractivity contribution < 1.29 is 0 Å². The molecule has 2 aliphatic rings. The Balaban J connectivity index is 1.58. The van der Waals surface area contributed by atoms with Gasteiger partial charge in [-0.2, -0.15) is 5.10 Å². The Labute approximate surface area is 116 Å². The summed E-state index contributed by atoms with van der Waals surface area (Å²) in [5, 5.41) is 8.38. The lowest BCUT2D eigenvalue weighted by molar-refractivity contribution is 0.307. The van der Waals surface area contributed by atoms with Crippen molar-refractivity contribution in [3.05, 3.63) is 18.0 Å². The van der Waals surface area contributed by atoms with Crippen molar-refractivity contribution in [2.75, 3.05) is 19.6 Å². The fraction of sp³-hybridized carbons (Fsp3) is 0.800. The molecule has 0 spiro atoms. The first kappa shape index (κ1) is 13.1. The number of nitrogens with zero attached hydrogens (tertiary/aromatic N) is 3. The van der Waals surface area contributed by atoms with E-state index in [2.05, 4.69) is 41.0 Å². The molecule has 1 unspecified atom stereocenters. The van der Waals surface area contributed by atoms with Gasteiger partial charge in [-0.15, -0.1) is 0 Å². The summed E-state index contributed by atoms with van der Waals surface area (Å²) in [6.45, 7) is 9.10. The van der Waals surface area contributed by atoms with Crippen molar-refractivity contribution in [3.63, 3.8) is 0 Å². The van der Waals surface area contributed by atoms with Crippen LogP contribution in [0.4, 0.5) is 0 Å². The molecule has 1 aromatic rings. The van der Waals surface area contributed by atoms with Crippen LogP contribution >= 0.6 is 0 Å². The molecule has 3 heterocycles. The van der Waals surface area contributed by atoms with Gasteiger partial charge in [-0.3, -0.25) is 9.58 Å². The lowest BCUT2D eigenvalue weighted by atomic mass is 9.94. The van der Waals surface area contributed by atoms with E-state index in [1.807, 2.05) is 0 Å². The zero-order valence-electron chi connectivity index (χ0n) is 12.2. The molecule has 106 valence electrons. The van der Waals surface area contributed by atoms with E-state index in [4.69, 9.17) is 5.10 Å². The number of aromatic nitrogens is 2. The van der Waals surface area contributed by atoms with Gasteiger partial charge < -0.3 is 5.32 Å². The standard InChI is InChI=1S/C15H26N4/c1-3-12(2)19-8-6-14(17-19)10-18-9-13-5-4-7-16-15(13)11-18/h6,8,12-13,15-16H,3-5,7,9-11H2,1-2H3/t12?,13-,15+/m0/s1. The minimum absolute atomic E-state index is 0.511. The van der Waals surface area contributed by atoms with Crippen LogP contribution in [0.5, 0.6) is 0 Å². The molecule has 1 N–H and O–H groups in total. The number of likely N-dealkylation sites (tertiary alicyclic amines) is 1. The van der Waals surface area contributed by atoms with Crippen LogP contribution in [0.25, 0.3) is 0 Å². The van der Waals surface area contributed by atoms with Crippen molar-refractivity contribution in [1.29, 1.82) is 0 Å². The Morgan fingerprint density at radius 1 is 1.47 bits per heavy atom. The van der Waals surface area contributed by atoms with Gasteiger partial charge in [0.15, 0.2) is 0 Å². The summed E-state index contributed by atoms with van der Waals surface area (Å²) in [4.78, 5) is 2.57. The lowest BCUT2D eigenvalue weighted by Crippen LogP contribution is -2.40. The van der Waals surface area contributed by atoms with E-state index >= 15 is 0 Å². The quantitative estimate of drug-likeness (QED) is 0.901. The van der Waals surface area contributed by atoms with E-state index in [0.29, 0.717) is 6.04 Å². The number of hydrogen-bond acceptors (Lipinski definition) is 3. The largest absolute Gasteiger partial charge is 0.312 e. The Kier molecular flexibility index (Phi) is 3.89. The third-order valence-corrected chi connectivity index (χ3v) is 4.77. The molecule has 3 rings (SSSR count). The maximum atomic E-state index is 4.72. The van der Waals surface area contributed by atoms with Gasteiger partial charge >= 0.3 is 0 Å². The van der Waals surface area contributed by atoms with Gasteiger partial charge in [0.05, 0.1) is 5.69 Å². The van der Waals surface area contributed by atoms with E-state index in [0.717, 1.165) is 24.9 Å². The molecule has 4 heteroatoms. The van der Waals surface area contributed by atoms with E-state index in [1.54, 1.807) is 0 Å². The topological polar surface area (TPSA) is 33.1 Å². The van der Waals surface area contributed by atoms with Gasteiger partial charge in [0.2, 0.25) is 0 Å². The van der Waals surface area contributed by atoms with Gasteiger partial charge in [-0.25, -0.2) is 0 Å². The molecule has 1 aromatic heterocycles. The molecule has 0 saturated carbocycles. The predicted molar refractivity (Wildman–Crippen MR) is 77.0 cm³/mol.